The van der Waals surface area contributed by atoms with Crippen molar-refractivity contribution in [1.29, 1.82) is 0 Å². The highest BCUT2D eigenvalue weighted by atomic mass is 16.5. The van der Waals surface area contributed by atoms with Crippen LogP contribution >= 0.6 is 0 Å². The zero-order valence-corrected chi connectivity index (χ0v) is 14.4. The van der Waals surface area contributed by atoms with Gasteiger partial charge in [0.2, 0.25) is 0 Å². The maximum Gasteiger partial charge on any atom is 0.0556 e. The molecule has 1 unspecified atom stereocenters. The Labute approximate surface area is 137 Å². The SMILES string of the molecule is C=CCC1CCC(CCCCC2(COC)C=CC=CC2)CC1. The predicted molar refractivity (Wildman–Crippen MR) is 95.9 cm³/mol. The number of methoxy groups -OCH3 is 1. The maximum atomic E-state index is 5.47. The molecule has 0 bridgehead atoms. The van der Waals surface area contributed by atoms with Gasteiger partial charge >= 0.3 is 0 Å². The van der Waals surface area contributed by atoms with Gasteiger partial charge in [0.05, 0.1) is 6.61 Å². The quantitative estimate of drug-likeness (QED) is 0.370. The number of ether oxygens (including phenoxy) is 1. The Morgan fingerprint density at radius 3 is 2.55 bits per heavy atom. The molecule has 0 aromatic rings. The van der Waals surface area contributed by atoms with Gasteiger partial charge in [-0.15, -0.1) is 6.58 Å². The first-order valence-electron chi connectivity index (χ1n) is 9.22. The van der Waals surface area contributed by atoms with E-state index in [-0.39, 0.29) is 5.41 Å². The first-order valence-corrected chi connectivity index (χ1v) is 9.22. The van der Waals surface area contributed by atoms with Crippen LogP contribution in [0.25, 0.3) is 0 Å². The molecule has 22 heavy (non-hydrogen) atoms. The van der Waals surface area contributed by atoms with Crippen molar-refractivity contribution in [3.05, 3.63) is 37.0 Å². The van der Waals surface area contributed by atoms with Crippen molar-refractivity contribution in [2.75, 3.05) is 13.7 Å². The summed E-state index contributed by atoms with van der Waals surface area (Å²) in [5.74, 6) is 1.92. The molecule has 0 radical (unpaired) electrons. The largest absolute Gasteiger partial charge is 0.384 e. The summed E-state index contributed by atoms with van der Waals surface area (Å²) < 4.78 is 5.47. The number of rotatable bonds is 9. The summed E-state index contributed by atoms with van der Waals surface area (Å²) in [7, 11) is 1.83. The molecule has 1 atom stereocenters. The molecule has 124 valence electrons. The maximum absolute atomic E-state index is 5.47. The van der Waals surface area contributed by atoms with Crippen molar-refractivity contribution in [3.63, 3.8) is 0 Å². The van der Waals surface area contributed by atoms with Gasteiger partial charge < -0.3 is 4.74 Å². The third-order valence-corrected chi connectivity index (χ3v) is 5.66. The Morgan fingerprint density at radius 1 is 1.14 bits per heavy atom. The molecule has 1 nitrogen and oxygen atoms in total. The summed E-state index contributed by atoms with van der Waals surface area (Å²) in [6.07, 6.45) is 24.7. The molecule has 0 aromatic carbocycles. The first kappa shape index (κ1) is 17.5. The van der Waals surface area contributed by atoms with Gasteiger partial charge in [0.25, 0.3) is 0 Å². The van der Waals surface area contributed by atoms with Crippen LogP contribution < -0.4 is 0 Å². The lowest BCUT2D eigenvalue weighted by atomic mass is 9.76. The first-order chi connectivity index (χ1) is 10.8. The smallest absolute Gasteiger partial charge is 0.0556 e. The van der Waals surface area contributed by atoms with Gasteiger partial charge in [-0.25, -0.2) is 0 Å². The average Bonchev–Trinajstić information content (AvgIpc) is 2.55. The summed E-state index contributed by atoms with van der Waals surface area (Å²) >= 11 is 0. The number of hydrogen-bond donors (Lipinski definition) is 0. The van der Waals surface area contributed by atoms with Crippen molar-refractivity contribution in [3.8, 4) is 0 Å². The summed E-state index contributed by atoms with van der Waals surface area (Å²) in [6.45, 7) is 4.74. The Kier molecular flexibility index (Phi) is 7.45. The number of unbranched alkanes of at least 4 members (excludes halogenated alkanes) is 1. The van der Waals surface area contributed by atoms with Crippen LogP contribution in [0.3, 0.4) is 0 Å². The molecule has 1 heteroatoms. The predicted octanol–water partition coefficient (Wildman–Crippen LogP) is 6.08. The van der Waals surface area contributed by atoms with Gasteiger partial charge in [0.1, 0.15) is 0 Å². The second-order valence-electron chi connectivity index (χ2n) is 7.44. The molecule has 0 spiro atoms. The Bertz CT molecular complexity index is 373. The van der Waals surface area contributed by atoms with Crippen LogP contribution in [0.2, 0.25) is 0 Å². The van der Waals surface area contributed by atoms with Crippen LogP contribution in [0.4, 0.5) is 0 Å². The van der Waals surface area contributed by atoms with E-state index >= 15 is 0 Å². The van der Waals surface area contributed by atoms with E-state index < -0.39 is 0 Å². The van der Waals surface area contributed by atoms with Crippen LogP contribution in [0.5, 0.6) is 0 Å². The lowest BCUT2D eigenvalue weighted by molar-refractivity contribution is 0.103. The normalized spacial score (nSPS) is 31.3. The fraction of sp³-hybridized carbons (Fsp3) is 0.714. The zero-order valence-electron chi connectivity index (χ0n) is 14.4. The summed E-state index contributed by atoms with van der Waals surface area (Å²) in [5, 5.41) is 0. The zero-order chi connectivity index (χ0) is 15.7. The molecule has 0 aliphatic heterocycles. The lowest BCUT2D eigenvalue weighted by Crippen LogP contribution is -2.24. The summed E-state index contributed by atoms with van der Waals surface area (Å²) in [6, 6.07) is 0. The number of hydrogen-bond acceptors (Lipinski definition) is 1. The van der Waals surface area contributed by atoms with Crippen molar-refractivity contribution >= 4 is 0 Å². The topological polar surface area (TPSA) is 9.23 Å². The van der Waals surface area contributed by atoms with Gasteiger partial charge in [-0.2, -0.15) is 0 Å². The van der Waals surface area contributed by atoms with E-state index in [1.165, 1.54) is 57.8 Å². The highest BCUT2D eigenvalue weighted by molar-refractivity contribution is 5.16. The molecular weight excluding hydrogens is 268 g/mol. The minimum Gasteiger partial charge on any atom is -0.384 e. The van der Waals surface area contributed by atoms with Crippen LogP contribution in [-0.2, 0) is 4.74 Å². The van der Waals surface area contributed by atoms with E-state index in [1.807, 2.05) is 7.11 Å². The van der Waals surface area contributed by atoms with Gasteiger partial charge in [-0.05, 0) is 43.9 Å². The third-order valence-electron chi connectivity index (χ3n) is 5.66. The van der Waals surface area contributed by atoms with E-state index in [1.54, 1.807) is 0 Å². The molecule has 0 amide bonds. The lowest BCUT2D eigenvalue weighted by Gasteiger charge is -2.31. The van der Waals surface area contributed by atoms with Crippen LogP contribution in [0, 0.1) is 17.3 Å². The summed E-state index contributed by atoms with van der Waals surface area (Å²) in [4.78, 5) is 0. The highest BCUT2D eigenvalue weighted by Gasteiger charge is 2.27. The minimum atomic E-state index is 0.269. The number of allylic oxidation sites excluding steroid dienone is 4. The molecule has 1 fully saturated rings. The van der Waals surface area contributed by atoms with Gasteiger partial charge in [-0.1, -0.05) is 62.5 Å². The van der Waals surface area contributed by atoms with E-state index in [2.05, 4.69) is 37.0 Å². The van der Waals surface area contributed by atoms with E-state index in [0.717, 1.165) is 24.9 Å². The molecule has 0 saturated heterocycles. The van der Waals surface area contributed by atoms with Crippen LogP contribution in [-0.4, -0.2) is 13.7 Å². The van der Waals surface area contributed by atoms with Crippen molar-refractivity contribution in [1.82, 2.24) is 0 Å². The second-order valence-corrected chi connectivity index (χ2v) is 7.44. The molecule has 1 saturated carbocycles. The fourth-order valence-electron chi connectivity index (χ4n) is 4.26. The fourth-order valence-corrected chi connectivity index (χ4v) is 4.26. The second kappa shape index (κ2) is 9.35. The van der Waals surface area contributed by atoms with Crippen LogP contribution in [0.1, 0.15) is 64.2 Å². The molecular formula is C21H34O. The van der Waals surface area contributed by atoms with E-state index in [0.29, 0.717) is 0 Å². The van der Waals surface area contributed by atoms with E-state index in [9.17, 15) is 0 Å². The highest BCUT2D eigenvalue weighted by Crippen LogP contribution is 2.36. The molecule has 2 aliphatic carbocycles. The van der Waals surface area contributed by atoms with Crippen molar-refractivity contribution in [2.24, 2.45) is 17.3 Å². The van der Waals surface area contributed by atoms with Crippen molar-refractivity contribution < 1.29 is 4.74 Å². The molecule has 0 heterocycles. The third kappa shape index (κ3) is 5.43. The Balaban J connectivity index is 1.63. The van der Waals surface area contributed by atoms with Crippen LogP contribution in [0.15, 0.2) is 37.0 Å². The van der Waals surface area contributed by atoms with E-state index in [4.69, 9.17) is 4.74 Å². The Hall–Kier alpha value is -0.820. The Morgan fingerprint density at radius 2 is 1.91 bits per heavy atom. The molecule has 0 N–H and O–H groups in total. The van der Waals surface area contributed by atoms with Crippen molar-refractivity contribution in [2.45, 2.75) is 64.2 Å². The molecule has 2 rings (SSSR count). The average molecular weight is 303 g/mol. The summed E-state index contributed by atoms with van der Waals surface area (Å²) in [5.41, 5.74) is 0.269. The molecule has 0 aromatic heterocycles. The standard InChI is InChI=1S/C21H34O/c1-3-9-19-11-13-20(14-12-19)10-5-8-17-21(18-22-2)15-6-4-7-16-21/h3-4,6-7,15,19-20H,1,5,8-14,16-18H2,2H3. The van der Waals surface area contributed by atoms with Gasteiger partial charge in [0.15, 0.2) is 0 Å². The molecule has 2 aliphatic rings. The minimum absolute atomic E-state index is 0.269. The van der Waals surface area contributed by atoms with Gasteiger partial charge in [0, 0.05) is 12.5 Å². The monoisotopic (exact) mass is 302 g/mol. The van der Waals surface area contributed by atoms with Gasteiger partial charge in [-0.3, -0.25) is 0 Å².